The van der Waals surface area contributed by atoms with Gasteiger partial charge in [-0.3, -0.25) is 4.79 Å². The molecule has 0 amide bonds. The van der Waals surface area contributed by atoms with E-state index in [0.29, 0.717) is 31.6 Å². The largest absolute Gasteiger partial charge is 0.466 e. The Morgan fingerprint density at radius 3 is 2.25 bits per heavy atom. The Hall–Kier alpha value is -2.61. The van der Waals surface area contributed by atoms with Gasteiger partial charge >= 0.3 is 5.97 Å². The van der Waals surface area contributed by atoms with Crippen LogP contribution >= 0.6 is 0 Å². The summed E-state index contributed by atoms with van der Waals surface area (Å²) in [5.74, 6) is 0.799. The van der Waals surface area contributed by atoms with Crippen LogP contribution in [0, 0.1) is 0 Å². The molecule has 0 aromatic carbocycles. The summed E-state index contributed by atoms with van der Waals surface area (Å²) in [5.41, 5.74) is 1.63. The van der Waals surface area contributed by atoms with Crippen LogP contribution in [0.1, 0.15) is 12.7 Å². The summed E-state index contributed by atoms with van der Waals surface area (Å²) < 4.78 is 10.2. The summed E-state index contributed by atoms with van der Waals surface area (Å²) >= 11 is 0. The predicted molar refractivity (Wildman–Crippen MR) is 86.4 cm³/mol. The van der Waals surface area contributed by atoms with E-state index in [9.17, 15) is 4.79 Å². The minimum absolute atomic E-state index is 0.0700. The molecular weight excluding hydrogens is 310 g/mol. The number of hydrogen-bond donors (Lipinski definition) is 0. The molecule has 2 aromatic heterocycles. The van der Waals surface area contributed by atoms with Crippen molar-refractivity contribution in [3.63, 3.8) is 0 Å². The number of carbonyl (C=O) groups is 1. The van der Waals surface area contributed by atoms with Crippen LogP contribution in [0.3, 0.4) is 0 Å². The van der Waals surface area contributed by atoms with Gasteiger partial charge in [0.05, 0.1) is 19.8 Å². The summed E-state index contributed by atoms with van der Waals surface area (Å²) in [6.45, 7) is 5.10. The van der Waals surface area contributed by atoms with Crippen molar-refractivity contribution in [1.82, 2.24) is 19.9 Å². The van der Waals surface area contributed by atoms with E-state index in [4.69, 9.17) is 9.47 Å². The third-order valence-corrected chi connectivity index (χ3v) is 3.58. The Morgan fingerprint density at radius 2 is 1.67 bits per heavy atom. The molecule has 126 valence electrons. The van der Waals surface area contributed by atoms with E-state index in [1.807, 2.05) is 0 Å². The van der Waals surface area contributed by atoms with Gasteiger partial charge in [-0.05, 0) is 6.92 Å². The number of rotatable bonds is 5. The maximum atomic E-state index is 11.4. The van der Waals surface area contributed by atoms with Gasteiger partial charge in [-0.1, -0.05) is 0 Å². The highest BCUT2D eigenvalue weighted by Crippen LogP contribution is 2.18. The number of morpholine rings is 1. The van der Waals surface area contributed by atoms with Crippen molar-refractivity contribution < 1.29 is 14.3 Å². The lowest BCUT2D eigenvalue weighted by molar-refractivity contribution is -0.142. The van der Waals surface area contributed by atoms with Gasteiger partial charge in [0, 0.05) is 49.0 Å². The standard InChI is InChI=1S/C16H19N5O3/c1-2-24-15(22)7-14-17-8-12(9-18-14)13-10-19-16(20-11-13)21-3-5-23-6-4-21/h8-11H,2-7H2,1H3. The Balaban J connectivity index is 1.66. The third-order valence-electron chi connectivity index (χ3n) is 3.58. The molecule has 0 aliphatic carbocycles. The average Bonchev–Trinajstić information content (AvgIpc) is 2.63. The van der Waals surface area contributed by atoms with Gasteiger partial charge in [-0.2, -0.15) is 0 Å². The fourth-order valence-corrected chi connectivity index (χ4v) is 2.33. The average molecular weight is 329 g/mol. The summed E-state index contributed by atoms with van der Waals surface area (Å²) in [7, 11) is 0. The van der Waals surface area contributed by atoms with E-state index in [2.05, 4.69) is 24.8 Å². The molecule has 0 spiro atoms. The first-order valence-corrected chi connectivity index (χ1v) is 7.88. The van der Waals surface area contributed by atoms with Gasteiger partial charge in [0.2, 0.25) is 5.95 Å². The second kappa shape index (κ2) is 7.78. The highest BCUT2D eigenvalue weighted by atomic mass is 16.5. The van der Waals surface area contributed by atoms with Gasteiger partial charge in [-0.25, -0.2) is 19.9 Å². The van der Waals surface area contributed by atoms with Crippen LogP contribution in [-0.2, 0) is 20.7 Å². The molecule has 3 heterocycles. The first-order valence-electron chi connectivity index (χ1n) is 7.88. The van der Waals surface area contributed by atoms with E-state index >= 15 is 0 Å². The molecule has 3 rings (SSSR count). The van der Waals surface area contributed by atoms with Crippen LogP contribution in [0.5, 0.6) is 0 Å². The van der Waals surface area contributed by atoms with Crippen LogP contribution < -0.4 is 4.90 Å². The predicted octanol–water partition coefficient (Wildman–Crippen LogP) is 0.876. The molecule has 8 nitrogen and oxygen atoms in total. The van der Waals surface area contributed by atoms with E-state index in [1.54, 1.807) is 31.7 Å². The Bertz CT molecular complexity index is 669. The summed E-state index contributed by atoms with van der Waals surface area (Å²) in [6.07, 6.45) is 6.90. The van der Waals surface area contributed by atoms with Crippen molar-refractivity contribution in [2.45, 2.75) is 13.3 Å². The third kappa shape index (κ3) is 4.02. The number of aromatic nitrogens is 4. The number of carbonyl (C=O) groups excluding carboxylic acids is 1. The quantitative estimate of drug-likeness (QED) is 0.747. The van der Waals surface area contributed by atoms with E-state index in [1.165, 1.54) is 0 Å². The minimum atomic E-state index is -0.330. The zero-order valence-electron chi connectivity index (χ0n) is 13.5. The lowest BCUT2D eigenvalue weighted by Crippen LogP contribution is -2.37. The number of esters is 1. The molecule has 24 heavy (non-hydrogen) atoms. The SMILES string of the molecule is CCOC(=O)Cc1ncc(-c2cnc(N3CCOCC3)nc2)cn1. The smallest absolute Gasteiger partial charge is 0.313 e. The minimum Gasteiger partial charge on any atom is -0.466 e. The normalized spacial score (nSPS) is 14.5. The molecule has 1 saturated heterocycles. The van der Waals surface area contributed by atoms with Gasteiger partial charge < -0.3 is 14.4 Å². The highest BCUT2D eigenvalue weighted by molar-refractivity contribution is 5.71. The van der Waals surface area contributed by atoms with E-state index < -0.39 is 0 Å². The lowest BCUT2D eigenvalue weighted by Gasteiger charge is -2.26. The number of nitrogens with zero attached hydrogens (tertiary/aromatic N) is 5. The van der Waals surface area contributed by atoms with Crippen LogP contribution in [0.25, 0.3) is 11.1 Å². The van der Waals surface area contributed by atoms with Crippen molar-refractivity contribution >= 4 is 11.9 Å². The number of anilines is 1. The first kappa shape index (κ1) is 16.3. The zero-order valence-corrected chi connectivity index (χ0v) is 13.5. The van der Waals surface area contributed by atoms with Crippen LogP contribution in [0.2, 0.25) is 0 Å². The number of hydrogen-bond acceptors (Lipinski definition) is 8. The molecule has 0 radical (unpaired) electrons. The number of ether oxygens (including phenoxy) is 2. The maximum absolute atomic E-state index is 11.4. The molecule has 0 unspecified atom stereocenters. The van der Waals surface area contributed by atoms with Crippen molar-refractivity contribution in [1.29, 1.82) is 0 Å². The summed E-state index contributed by atoms with van der Waals surface area (Å²) in [6, 6.07) is 0. The van der Waals surface area contributed by atoms with Crippen LogP contribution in [0.15, 0.2) is 24.8 Å². The van der Waals surface area contributed by atoms with Crippen LogP contribution in [-0.4, -0.2) is 58.8 Å². The topological polar surface area (TPSA) is 90.3 Å². The fraction of sp³-hybridized carbons (Fsp3) is 0.438. The fourth-order valence-electron chi connectivity index (χ4n) is 2.33. The van der Waals surface area contributed by atoms with Gasteiger partial charge in [0.15, 0.2) is 0 Å². The monoisotopic (exact) mass is 329 g/mol. The Morgan fingerprint density at radius 1 is 1.08 bits per heavy atom. The first-order chi connectivity index (χ1) is 11.8. The molecule has 1 aliphatic rings. The Labute approximate surface area is 139 Å². The molecule has 0 N–H and O–H groups in total. The van der Waals surface area contributed by atoms with E-state index in [0.717, 1.165) is 24.2 Å². The van der Waals surface area contributed by atoms with Crippen molar-refractivity contribution in [2.24, 2.45) is 0 Å². The molecular formula is C16H19N5O3. The zero-order chi connectivity index (χ0) is 16.8. The lowest BCUT2D eigenvalue weighted by atomic mass is 10.2. The molecule has 0 bridgehead atoms. The van der Waals surface area contributed by atoms with Crippen LogP contribution in [0.4, 0.5) is 5.95 Å². The molecule has 0 atom stereocenters. The van der Waals surface area contributed by atoms with Crippen molar-refractivity contribution in [3.8, 4) is 11.1 Å². The van der Waals surface area contributed by atoms with Gasteiger partial charge in [0.1, 0.15) is 12.2 Å². The van der Waals surface area contributed by atoms with Gasteiger partial charge in [0.25, 0.3) is 0 Å². The van der Waals surface area contributed by atoms with Crippen molar-refractivity contribution in [2.75, 3.05) is 37.8 Å². The van der Waals surface area contributed by atoms with Gasteiger partial charge in [-0.15, -0.1) is 0 Å². The molecule has 2 aromatic rings. The van der Waals surface area contributed by atoms with Crippen molar-refractivity contribution in [3.05, 3.63) is 30.6 Å². The Kier molecular flexibility index (Phi) is 5.27. The second-order valence-corrected chi connectivity index (χ2v) is 5.24. The molecule has 8 heteroatoms. The molecule has 0 saturated carbocycles. The highest BCUT2D eigenvalue weighted by Gasteiger charge is 2.14. The maximum Gasteiger partial charge on any atom is 0.313 e. The second-order valence-electron chi connectivity index (χ2n) is 5.24. The summed E-state index contributed by atoms with van der Waals surface area (Å²) in [5, 5.41) is 0. The molecule has 1 aliphatic heterocycles. The molecule has 1 fully saturated rings. The van der Waals surface area contributed by atoms with E-state index in [-0.39, 0.29) is 12.4 Å². The summed E-state index contributed by atoms with van der Waals surface area (Å²) in [4.78, 5) is 30.7.